The lowest BCUT2D eigenvalue weighted by atomic mass is 10.1. The van der Waals surface area contributed by atoms with Crippen molar-refractivity contribution < 1.29 is 9.59 Å². The molecule has 0 radical (unpaired) electrons. The molecule has 0 aromatic heterocycles. The molecule has 0 bridgehead atoms. The molecule has 1 aliphatic rings. The van der Waals surface area contributed by atoms with Crippen LogP contribution >= 0.6 is 11.8 Å². The second-order valence-corrected chi connectivity index (χ2v) is 6.66. The van der Waals surface area contributed by atoms with Gasteiger partial charge in [-0.25, -0.2) is 0 Å². The summed E-state index contributed by atoms with van der Waals surface area (Å²) in [5, 5.41) is 2.90. The maximum absolute atomic E-state index is 12.5. The molecular weight excluding hydrogens is 320 g/mol. The number of hydrogen-bond donors (Lipinski definition) is 1. The van der Waals surface area contributed by atoms with Gasteiger partial charge in [0.25, 0.3) is 11.1 Å². The normalized spacial score (nSPS) is 16.1. The Balaban J connectivity index is 1.72. The van der Waals surface area contributed by atoms with Crippen molar-refractivity contribution in [3.8, 4) is 0 Å². The van der Waals surface area contributed by atoms with Crippen LogP contribution in [0, 0.1) is 13.8 Å². The molecule has 0 saturated carbocycles. The third kappa shape index (κ3) is 3.51. The molecule has 0 aliphatic carbocycles. The van der Waals surface area contributed by atoms with E-state index in [0.29, 0.717) is 4.91 Å². The molecule has 2 aromatic rings. The minimum atomic E-state index is -0.258. The predicted octanol–water partition coefficient (Wildman–Crippen LogP) is 4.41. The fraction of sp³-hybridized carbons (Fsp3) is 0.158. The summed E-state index contributed by atoms with van der Waals surface area (Å²) < 4.78 is 0. The van der Waals surface area contributed by atoms with Crippen molar-refractivity contribution in [1.82, 2.24) is 4.90 Å². The Kier molecular flexibility index (Phi) is 4.71. The van der Waals surface area contributed by atoms with Crippen molar-refractivity contribution in [2.45, 2.75) is 13.8 Å². The maximum Gasteiger partial charge on any atom is 0.295 e. The van der Waals surface area contributed by atoms with Gasteiger partial charge in [0.15, 0.2) is 0 Å². The van der Waals surface area contributed by atoms with E-state index >= 15 is 0 Å². The average molecular weight is 338 g/mol. The Morgan fingerprint density at radius 1 is 1.04 bits per heavy atom. The number of nitrogens with one attached hydrogen (secondary N) is 1. The van der Waals surface area contributed by atoms with E-state index in [1.807, 2.05) is 62.4 Å². The number of amides is 2. The zero-order valence-corrected chi connectivity index (χ0v) is 14.4. The van der Waals surface area contributed by atoms with E-state index in [4.69, 9.17) is 0 Å². The number of rotatable bonds is 4. The number of nitrogens with zero attached hydrogens (tertiary/aromatic N) is 1. The third-order valence-corrected chi connectivity index (χ3v) is 4.73. The highest BCUT2D eigenvalue weighted by Crippen LogP contribution is 2.32. The lowest BCUT2D eigenvalue weighted by Crippen LogP contribution is -2.33. The minimum Gasteiger partial charge on any atom is -0.367 e. The first-order chi connectivity index (χ1) is 11.5. The summed E-state index contributed by atoms with van der Waals surface area (Å²) in [4.78, 5) is 26.3. The molecule has 0 atom stereocenters. The molecule has 5 heteroatoms. The van der Waals surface area contributed by atoms with Gasteiger partial charge in [0.2, 0.25) is 0 Å². The van der Waals surface area contributed by atoms with E-state index in [1.54, 1.807) is 6.08 Å². The Morgan fingerprint density at radius 3 is 2.46 bits per heavy atom. The third-order valence-electron chi connectivity index (χ3n) is 3.82. The molecule has 1 saturated heterocycles. The van der Waals surface area contributed by atoms with E-state index in [-0.39, 0.29) is 17.8 Å². The lowest BCUT2D eigenvalue weighted by Gasteiger charge is -2.15. The van der Waals surface area contributed by atoms with Crippen molar-refractivity contribution in [3.63, 3.8) is 0 Å². The SMILES string of the molecule is Cc1ccc(/C=C2/SC(=O)N(CNc3ccccc3C)C2=O)cc1. The molecule has 1 N–H and O–H groups in total. The second kappa shape index (κ2) is 6.93. The second-order valence-electron chi connectivity index (χ2n) is 5.67. The van der Waals surface area contributed by atoms with Gasteiger partial charge < -0.3 is 5.32 Å². The van der Waals surface area contributed by atoms with E-state index in [9.17, 15) is 9.59 Å². The monoisotopic (exact) mass is 338 g/mol. The van der Waals surface area contributed by atoms with Crippen LogP contribution in [0.2, 0.25) is 0 Å². The largest absolute Gasteiger partial charge is 0.367 e. The van der Waals surface area contributed by atoms with Gasteiger partial charge in [-0.3, -0.25) is 14.5 Å². The van der Waals surface area contributed by atoms with Gasteiger partial charge in [-0.1, -0.05) is 48.0 Å². The smallest absolute Gasteiger partial charge is 0.295 e. The number of imide groups is 1. The standard InChI is InChI=1S/C19H18N2O2S/c1-13-7-9-15(10-8-13)11-17-18(22)21(19(23)24-17)12-20-16-6-4-3-5-14(16)2/h3-11,20H,12H2,1-2H3/b17-11+. The minimum absolute atomic E-state index is 0.167. The van der Waals surface area contributed by atoms with Crippen molar-refractivity contribution in [2.75, 3.05) is 12.0 Å². The van der Waals surface area contributed by atoms with Crippen molar-refractivity contribution in [1.29, 1.82) is 0 Å². The zero-order chi connectivity index (χ0) is 17.1. The summed E-state index contributed by atoms with van der Waals surface area (Å²) >= 11 is 0.979. The summed E-state index contributed by atoms with van der Waals surface area (Å²) in [6, 6.07) is 15.6. The van der Waals surface area contributed by atoms with Gasteiger partial charge in [0, 0.05) is 5.69 Å². The number of benzene rings is 2. The molecule has 4 nitrogen and oxygen atoms in total. The highest BCUT2D eigenvalue weighted by atomic mass is 32.2. The molecule has 1 aliphatic heterocycles. The molecule has 2 aromatic carbocycles. The van der Waals surface area contributed by atoms with Gasteiger partial charge in [-0.2, -0.15) is 0 Å². The van der Waals surface area contributed by atoms with Crippen LogP contribution in [0.4, 0.5) is 10.5 Å². The predicted molar refractivity (Wildman–Crippen MR) is 98.7 cm³/mol. The maximum atomic E-state index is 12.5. The van der Waals surface area contributed by atoms with Crippen molar-refractivity contribution in [3.05, 3.63) is 70.1 Å². The molecule has 24 heavy (non-hydrogen) atoms. The number of aryl methyl sites for hydroxylation is 2. The lowest BCUT2D eigenvalue weighted by molar-refractivity contribution is -0.122. The summed E-state index contributed by atoms with van der Waals surface area (Å²) in [5.41, 5.74) is 4.05. The van der Waals surface area contributed by atoms with Crippen LogP contribution in [0.1, 0.15) is 16.7 Å². The number of thioether (sulfide) groups is 1. The van der Waals surface area contributed by atoms with Gasteiger partial charge in [-0.05, 0) is 48.9 Å². The summed E-state index contributed by atoms with van der Waals surface area (Å²) in [7, 11) is 0. The van der Waals surface area contributed by atoms with E-state index in [1.165, 1.54) is 4.90 Å². The number of carbonyl (C=O) groups excluding carboxylic acids is 2. The number of carbonyl (C=O) groups is 2. The highest BCUT2D eigenvalue weighted by molar-refractivity contribution is 8.18. The van der Waals surface area contributed by atoms with Crippen molar-refractivity contribution in [2.24, 2.45) is 0 Å². The highest BCUT2D eigenvalue weighted by Gasteiger charge is 2.34. The first-order valence-corrected chi connectivity index (χ1v) is 8.48. The Labute approximate surface area is 145 Å². The van der Waals surface area contributed by atoms with Gasteiger partial charge >= 0.3 is 0 Å². The summed E-state index contributed by atoms with van der Waals surface area (Å²) in [6.07, 6.45) is 1.76. The Bertz CT molecular complexity index is 812. The molecule has 1 heterocycles. The van der Waals surface area contributed by atoms with E-state index < -0.39 is 0 Å². The van der Waals surface area contributed by atoms with Crippen LogP contribution in [0.25, 0.3) is 6.08 Å². The molecule has 0 spiro atoms. The van der Waals surface area contributed by atoms with Crippen LogP contribution in [0.5, 0.6) is 0 Å². The fourth-order valence-electron chi connectivity index (χ4n) is 2.39. The van der Waals surface area contributed by atoms with Crippen LogP contribution in [0.15, 0.2) is 53.4 Å². The van der Waals surface area contributed by atoms with E-state index in [0.717, 1.165) is 34.1 Å². The molecule has 2 amide bonds. The number of anilines is 1. The van der Waals surface area contributed by atoms with Gasteiger partial charge in [0.1, 0.15) is 0 Å². The first kappa shape index (κ1) is 16.3. The summed E-state index contributed by atoms with van der Waals surface area (Å²) in [6.45, 7) is 4.16. The quantitative estimate of drug-likeness (QED) is 0.839. The fourth-order valence-corrected chi connectivity index (χ4v) is 3.22. The van der Waals surface area contributed by atoms with Crippen LogP contribution in [-0.4, -0.2) is 22.7 Å². The molecular formula is C19H18N2O2S. The molecule has 3 rings (SSSR count). The molecule has 122 valence electrons. The zero-order valence-electron chi connectivity index (χ0n) is 13.6. The topological polar surface area (TPSA) is 49.4 Å². The van der Waals surface area contributed by atoms with Crippen LogP contribution < -0.4 is 5.32 Å². The first-order valence-electron chi connectivity index (χ1n) is 7.66. The van der Waals surface area contributed by atoms with Crippen LogP contribution in [-0.2, 0) is 4.79 Å². The van der Waals surface area contributed by atoms with Gasteiger partial charge in [0.05, 0.1) is 11.6 Å². The molecule has 0 unspecified atom stereocenters. The number of para-hydroxylation sites is 1. The number of hydrogen-bond acceptors (Lipinski definition) is 4. The Hall–Kier alpha value is -2.53. The Morgan fingerprint density at radius 2 is 1.75 bits per heavy atom. The summed E-state index contributed by atoms with van der Waals surface area (Å²) in [5.74, 6) is -0.258. The van der Waals surface area contributed by atoms with Crippen LogP contribution in [0.3, 0.4) is 0 Å². The van der Waals surface area contributed by atoms with Gasteiger partial charge in [-0.15, -0.1) is 0 Å². The van der Waals surface area contributed by atoms with E-state index in [2.05, 4.69) is 5.32 Å². The van der Waals surface area contributed by atoms with Crippen molar-refractivity contribution >= 4 is 34.7 Å². The average Bonchev–Trinajstić information content (AvgIpc) is 2.83. The molecule has 1 fully saturated rings.